The highest BCUT2D eigenvalue weighted by Gasteiger charge is 2.32. The SMILES string of the molecule is CC1(C)CCC[C@H](N2CCCC2)C1. The molecule has 1 aliphatic carbocycles. The molecule has 2 rings (SSSR count). The summed E-state index contributed by atoms with van der Waals surface area (Å²) in [6.45, 7) is 7.63. The molecule has 76 valence electrons. The zero-order valence-electron chi connectivity index (χ0n) is 9.18. The second-order valence-corrected chi connectivity index (χ2v) is 5.66. The minimum atomic E-state index is 0.617. The fourth-order valence-corrected chi connectivity index (χ4v) is 3.08. The van der Waals surface area contributed by atoms with E-state index in [0.717, 1.165) is 6.04 Å². The molecule has 0 N–H and O–H groups in total. The summed E-state index contributed by atoms with van der Waals surface area (Å²) in [5, 5.41) is 0. The van der Waals surface area contributed by atoms with Crippen molar-refractivity contribution in [2.75, 3.05) is 13.1 Å². The number of hydrogen-bond acceptors (Lipinski definition) is 1. The molecule has 0 aromatic heterocycles. The van der Waals surface area contributed by atoms with Crippen LogP contribution in [0.5, 0.6) is 0 Å². The van der Waals surface area contributed by atoms with Gasteiger partial charge in [-0.25, -0.2) is 0 Å². The number of hydrogen-bond donors (Lipinski definition) is 0. The molecule has 1 nitrogen and oxygen atoms in total. The van der Waals surface area contributed by atoms with E-state index in [9.17, 15) is 0 Å². The van der Waals surface area contributed by atoms with Crippen molar-refractivity contribution in [3.05, 3.63) is 0 Å². The van der Waals surface area contributed by atoms with Gasteiger partial charge in [-0.1, -0.05) is 20.3 Å². The first-order valence-electron chi connectivity index (χ1n) is 5.91. The lowest BCUT2D eigenvalue weighted by molar-refractivity contribution is 0.114. The second kappa shape index (κ2) is 3.61. The van der Waals surface area contributed by atoms with Crippen LogP contribution in [0.1, 0.15) is 52.4 Å². The Morgan fingerprint density at radius 1 is 1.08 bits per heavy atom. The molecule has 1 atom stereocenters. The quantitative estimate of drug-likeness (QED) is 0.601. The number of likely N-dealkylation sites (tertiary alicyclic amines) is 1. The fraction of sp³-hybridized carbons (Fsp3) is 1.00. The molecular weight excluding hydrogens is 158 g/mol. The summed E-state index contributed by atoms with van der Waals surface area (Å²) in [5.74, 6) is 0. The average molecular weight is 181 g/mol. The molecule has 0 bridgehead atoms. The van der Waals surface area contributed by atoms with E-state index in [1.165, 1.54) is 51.6 Å². The van der Waals surface area contributed by atoms with Crippen molar-refractivity contribution < 1.29 is 0 Å². The summed E-state index contributed by atoms with van der Waals surface area (Å²) in [4.78, 5) is 2.74. The molecule has 0 spiro atoms. The molecule has 1 heterocycles. The largest absolute Gasteiger partial charge is 0.300 e. The lowest BCUT2D eigenvalue weighted by atomic mass is 9.75. The van der Waals surface area contributed by atoms with Gasteiger partial charge in [0, 0.05) is 6.04 Å². The van der Waals surface area contributed by atoms with Crippen LogP contribution in [0, 0.1) is 5.41 Å². The van der Waals surface area contributed by atoms with Gasteiger partial charge in [-0.2, -0.15) is 0 Å². The molecule has 0 amide bonds. The normalized spacial score (nSPS) is 35.1. The van der Waals surface area contributed by atoms with Crippen LogP contribution in [-0.4, -0.2) is 24.0 Å². The molecule has 13 heavy (non-hydrogen) atoms. The zero-order valence-corrected chi connectivity index (χ0v) is 9.18. The van der Waals surface area contributed by atoms with Crippen molar-refractivity contribution in [2.45, 2.75) is 58.4 Å². The van der Waals surface area contributed by atoms with Crippen molar-refractivity contribution in [3.63, 3.8) is 0 Å². The second-order valence-electron chi connectivity index (χ2n) is 5.66. The minimum absolute atomic E-state index is 0.617. The van der Waals surface area contributed by atoms with Crippen molar-refractivity contribution in [1.82, 2.24) is 4.90 Å². The molecule has 0 unspecified atom stereocenters. The van der Waals surface area contributed by atoms with E-state index in [2.05, 4.69) is 18.7 Å². The van der Waals surface area contributed by atoms with Gasteiger partial charge in [0.2, 0.25) is 0 Å². The first-order chi connectivity index (χ1) is 6.17. The third kappa shape index (κ3) is 2.25. The van der Waals surface area contributed by atoms with Gasteiger partial charge in [-0.05, 0) is 50.6 Å². The molecule has 1 aliphatic heterocycles. The molecule has 0 radical (unpaired) electrons. The van der Waals surface area contributed by atoms with Crippen LogP contribution in [0.2, 0.25) is 0 Å². The van der Waals surface area contributed by atoms with Crippen LogP contribution in [0.15, 0.2) is 0 Å². The molecule has 1 heteroatoms. The monoisotopic (exact) mass is 181 g/mol. The maximum absolute atomic E-state index is 2.74. The Hall–Kier alpha value is -0.0400. The number of rotatable bonds is 1. The predicted octanol–water partition coefficient (Wildman–Crippen LogP) is 3.05. The first-order valence-corrected chi connectivity index (χ1v) is 5.91. The highest BCUT2D eigenvalue weighted by atomic mass is 15.2. The van der Waals surface area contributed by atoms with E-state index in [1.54, 1.807) is 0 Å². The molecule has 1 saturated carbocycles. The Morgan fingerprint density at radius 2 is 1.77 bits per heavy atom. The van der Waals surface area contributed by atoms with Gasteiger partial charge in [-0.3, -0.25) is 0 Å². The lowest BCUT2D eigenvalue weighted by Crippen LogP contribution is -2.39. The van der Waals surface area contributed by atoms with Gasteiger partial charge in [0.05, 0.1) is 0 Å². The average Bonchev–Trinajstić information content (AvgIpc) is 2.53. The van der Waals surface area contributed by atoms with E-state index < -0.39 is 0 Å². The Labute approximate surface area is 82.5 Å². The molecule has 0 aromatic carbocycles. The molecular formula is C12H23N. The van der Waals surface area contributed by atoms with Gasteiger partial charge in [0.1, 0.15) is 0 Å². The van der Waals surface area contributed by atoms with E-state index >= 15 is 0 Å². The zero-order chi connectivity index (χ0) is 9.31. The maximum Gasteiger partial charge on any atom is 0.0100 e. The van der Waals surface area contributed by atoms with E-state index in [0.29, 0.717) is 5.41 Å². The molecule has 1 saturated heterocycles. The van der Waals surface area contributed by atoms with Gasteiger partial charge in [-0.15, -0.1) is 0 Å². The molecule has 2 aliphatic rings. The third-order valence-electron chi connectivity index (χ3n) is 3.84. The summed E-state index contributed by atoms with van der Waals surface area (Å²) in [7, 11) is 0. The highest BCUT2D eigenvalue weighted by molar-refractivity contribution is 4.86. The Kier molecular flexibility index (Phi) is 2.64. The highest BCUT2D eigenvalue weighted by Crippen LogP contribution is 2.37. The van der Waals surface area contributed by atoms with Crippen LogP contribution < -0.4 is 0 Å². The van der Waals surface area contributed by atoms with Crippen LogP contribution in [0.25, 0.3) is 0 Å². The van der Waals surface area contributed by atoms with Gasteiger partial charge >= 0.3 is 0 Å². The van der Waals surface area contributed by atoms with Gasteiger partial charge < -0.3 is 4.90 Å². The third-order valence-corrected chi connectivity index (χ3v) is 3.84. The van der Waals surface area contributed by atoms with Crippen molar-refractivity contribution in [3.8, 4) is 0 Å². The van der Waals surface area contributed by atoms with E-state index in [-0.39, 0.29) is 0 Å². The van der Waals surface area contributed by atoms with Crippen LogP contribution in [-0.2, 0) is 0 Å². The Morgan fingerprint density at radius 3 is 2.38 bits per heavy atom. The van der Waals surface area contributed by atoms with Crippen LogP contribution in [0.4, 0.5) is 0 Å². The van der Waals surface area contributed by atoms with Gasteiger partial charge in [0.15, 0.2) is 0 Å². The summed E-state index contributed by atoms with van der Waals surface area (Å²) in [6, 6.07) is 0.922. The standard InChI is InChI=1S/C12H23N/c1-12(2)7-5-6-11(10-12)13-8-3-4-9-13/h11H,3-10H2,1-2H3/t11-/m0/s1. The van der Waals surface area contributed by atoms with E-state index in [1.807, 2.05) is 0 Å². The maximum atomic E-state index is 2.74. The summed E-state index contributed by atoms with van der Waals surface area (Å²) in [6.07, 6.45) is 8.68. The van der Waals surface area contributed by atoms with E-state index in [4.69, 9.17) is 0 Å². The summed E-state index contributed by atoms with van der Waals surface area (Å²) in [5.41, 5.74) is 0.617. The van der Waals surface area contributed by atoms with Crippen molar-refractivity contribution >= 4 is 0 Å². The topological polar surface area (TPSA) is 3.24 Å². The Balaban J connectivity index is 1.91. The molecule has 2 fully saturated rings. The van der Waals surface area contributed by atoms with Crippen LogP contribution >= 0.6 is 0 Å². The van der Waals surface area contributed by atoms with Gasteiger partial charge in [0.25, 0.3) is 0 Å². The van der Waals surface area contributed by atoms with Crippen LogP contribution in [0.3, 0.4) is 0 Å². The fourth-order valence-electron chi connectivity index (χ4n) is 3.08. The van der Waals surface area contributed by atoms with Crippen molar-refractivity contribution in [2.24, 2.45) is 5.41 Å². The molecule has 0 aromatic rings. The summed E-state index contributed by atoms with van der Waals surface area (Å²) >= 11 is 0. The minimum Gasteiger partial charge on any atom is -0.300 e. The summed E-state index contributed by atoms with van der Waals surface area (Å²) < 4.78 is 0. The Bertz CT molecular complexity index is 168. The first kappa shape index (κ1) is 9.51. The predicted molar refractivity (Wildman–Crippen MR) is 56.8 cm³/mol. The lowest BCUT2D eigenvalue weighted by Gasteiger charge is -2.39. The van der Waals surface area contributed by atoms with Crippen molar-refractivity contribution in [1.29, 1.82) is 0 Å². The smallest absolute Gasteiger partial charge is 0.0100 e. The number of nitrogens with zero attached hydrogens (tertiary/aromatic N) is 1.